The van der Waals surface area contributed by atoms with Crippen molar-refractivity contribution in [3.8, 4) is 11.5 Å². The molecule has 6 heteroatoms. The largest absolute Gasteiger partial charge is 0.573 e. The molecule has 0 radical (unpaired) electrons. The molecular weight excluding hydrogens is 331 g/mol. The normalized spacial score (nSPS) is 15.7. The van der Waals surface area contributed by atoms with E-state index in [2.05, 4.69) is 21.9 Å². The number of pyridine rings is 1. The number of fused-ring (bicyclic) bond motifs is 3. The maximum absolute atomic E-state index is 12.6. The van der Waals surface area contributed by atoms with Crippen LogP contribution in [0.1, 0.15) is 28.8 Å². The molecule has 0 atom stereocenters. The Morgan fingerprint density at radius 2 is 2.04 bits per heavy atom. The van der Waals surface area contributed by atoms with Crippen LogP contribution in [0.3, 0.4) is 0 Å². The van der Waals surface area contributed by atoms with E-state index in [1.54, 1.807) is 0 Å². The van der Waals surface area contributed by atoms with E-state index in [9.17, 15) is 13.2 Å². The summed E-state index contributed by atoms with van der Waals surface area (Å²) in [6, 6.07) is 6.61. The van der Waals surface area contributed by atoms with Gasteiger partial charge < -0.3 is 9.47 Å². The SMILES string of the molecule is FC(F)(F)Oc1cccnc1C1=COc2ccc3c(c2C1)C=CCC3. The Labute approximate surface area is 142 Å². The van der Waals surface area contributed by atoms with Gasteiger partial charge in [0, 0.05) is 23.8 Å². The molecule has 1 aliphatic heterocycles. The first-order valence-corrected chi connectivity index (χ1v) is 7.89. The van der Waals surface area contributed by atoms with Gasteiger partial charge in [-0.25, -0.2) is 0 Å². The number of hydrogen-bond acceptors (Lipinski definition) is 3. The molecule has 0 N–H and O–H groups in total. The zero-order valence-corrected chi connectivity index (χ0v) is 13.1. The minimum Gasteiger partial charge on any atom is -0.464 e. The van der Waals surface area contributed by atoms with Gasteiger partial charge in [0.1, 0.15) is 11.4 Å². The lowest BCUT2D eigenvalue weighted by molar-refractivity contribution is -0.274. The average Bonchev–Trinajstić information content (AvgIpc) is 2.60. The summed E-state index contributed by atoms with van der Waals surface area (Å²) in [6.07, 6.45) is 4.64. The molecular formula is C19H14F3NO2. The lowest BCUT2D eigenvalue weighted by atomic mass is 9.88. The Morgan fingerprint density at radius 3 is 2.88 bits per heavy atom. The number of hydrogen-bond donors (Lipinski definition) is 0. The third-order valence-corrected chi connectivity index (χ3v) is 4.27. The van der Waals surface area contributed by atoms with E-state index in [1.807, 2.05) is 12.1 Å². The van der Waals surface area contributed by atoms with Gasteiger partial charge in [-0.05, 0) is 42.2 Å². The lowest BCUT2D eigenvalue weighted by Gasteiger charge is -2.23. The average molecular weight is 345 g/mol. The standard InChI is InChI=1S/C19H14F3NO2/c20-19(21,22)25-17-6-3-9-23-18(17)13-10-15-14-5-2-1-4-12(14)7-8-16(15)24-11-13/h2-3,5-9,11H,1,4,10H2. The van der Waals surface area contributed by atoms with Gasteiger partial charge in [-0.3, -0.25) is 4.98 Å². The maximum Gasteiger partial charge on any atom is 0.573 e. The summed E-state index contributed by atoms with van der Waals surface area (Å²) in [5.41, 5.74) is 3.97. The molecule has 2 heterocycles. The Kier molecular flexibility index (Phi) is 3.75. The van der Waals surface area contributed by atoms with E-state index in [1.165, 1.54) is 30.2 Å². The topological polar surface area (TPSA) is 31.4 Å². The highest BCUT2D eigenvalue weighted by molar-refractivity contribution is 5.75. The van der Waals surface area contributed by atoms with Crippen LogP contribution in [0, 0.1) is 0 Å². The molecule has 0 unspecified atom stereocenters. The molecule has 2 aromatic rings. The van der Waals surface area contributed by atoms with Gasteiger partial charge >= 0.3 is 6.36 Å². The molecule has 0 bridgehead atoms. The van der Waals surface area contributed by atoms with Crippen molar-refractivity contribution in [3.05, 3.63) is 65.2 Å². The van der Waals surface area contributed by atoms with Gasteiger partial charge in [-0.1, -0.05) is 18.2 Å². The molecule has 0 spiro atoms. The quantitative estimate of drug-likeness (QED) is 0.774. The fourth-order valence-corrected chi connectivity index (χ4v) is 3.20. The van der Waals surface area contributed by atoms with Crippen LogP contribution in [0.4, 0.5) is 13.2 Å². The number of aryl methyl sites for hydroxylation is 1. The van der Waals surface area contributed by atoms with Crippen LogP contribution in [-0.2, 0) is 12.8 Å². The van der Waals surface area contributed by atoms with Crippen LogP contribution in [0.2, 0.25) is 0 Å². The number of alkyl halides is 3. The molecule has 0 amide bonds. The fraction of sp³-hybridized carbons (Fsp3) is 0.211. The maximum atomic E-state index is 12.6. The highest BCUT2D eigenvalue weighted by Crippen LogP contribution is 2.39. The van der Waals surface area contributed by atoms with E-state index < -0.39 is 6.36 Å². The summed E-state index contributed by atoms with van der Waals surface area (Å²) in [7, 11) is 0. The second-order valence-corrected chi connectivity index (χ2v) is 5.89. The summed E-state index contributed by atoms with van der Waals surface area (Å²) in [4.78, 5) is 4.08. The van der Waals surface area contributed by atoms with Crippen molar-refractivity contribution in [1.29, 1.82) is 0 Å². The zero-order valence-electron chi connectivity index (χ0n) is 13.1. The second kappa shape index (κ2) is 5.95. The van der Waals surface area contributed by atoms with Crippen molar-refractivity contribution in [3.63, 3.8) is 0 Å². The van der Waals surface area contributed by atoms with Gasteiger partial charge in [-0.15, -0.1) is 13.2 Å². The second-order valence-electron chi connectivity index (χ2n) is 5.89. The Balaban J connectivity index is 1.72. The molecule has 0 saturated carbocycles. The van der Waals surface area contributed by atoms with Crippen LogP contribution < -0.4 is 9.47 Å². The van der Waals surface area contributed by atoms with Crippen LogP contribution in [-0.4, -0.2) is 11.3 Å². The number of ether oxygens (including phenoxy) is 2. The summed E-state index contributed by atoms with van der Waals surface area (Å²) < 4.78 is 47.7. The van der Waals surface area contributed by atoms with Crippen molar-refractivity contribution in [1.82, 2.24) is 4.98 Å². The molecule has 25 heavy (non-hydrogen) atoms. The first-order valence-electron chi connectivity index (χ1n) is 7.89. The third-order valence-electron chi connectivity index (χ3n) is 4.27. The number of halogens is 3. The lowest BCUT2D eigenvalue weighted by Crippen LogP contribution is -2.19. The molecule has 2 aliphatic rings. The smallest absolute Gasteiger partial charge is 0.464 e. The summed E-state index contributed by atoms with van der Waals surface area (Å²) in [5, 5.41) is 0. The van der Waals surface area contributed by atoms with Crippen molar-refractivity contribution in [2.75, 3.05) is 0 Å². The molecule has 0 saturated heterocycles. The minimum absolute atomic E-state index is 0.142. The monoisotopic (exact) mass is 345 g/mol. The van der Waals surface area contributed by atoms with Gasteiger partial charge in [0.15, 0.2) is 5.75 Å². The number of rotatable bonds is 2. The molecule has 0 fully saturated rings. The Bertz CT molecular complexity index is 885. The zero-order chi connectivity index (χ0) is 17.4. The van der Waals surface area contributed by atoms with Gasteiger partial charge in [0.2, 0.25) is 0 Å². The van der Waals surface area contributed by atoms with Crippen molar-refractivity contribution < 1.29 is 22.6 Å². The van der Waals surface area contributed by atoms with Crippen LogP contribution in [0.5, 0.6) is 11.5 Å². The highest BCUT2D eigenvalue weighted by Gasteiger charge is 2.33. The molecule has 128 valence electrons. The minimum atomic E-state index is -4.77. The van der Waals surface area contributed by atoms with Gasteiger partial charge in [-0.2, -0.15) is 0 Å². The van der Waals surface area contributed by atoms with Gasteiger partial charge in [0.05, 0.1) is 6.26 Å². The number of benzene rings is 1. The molecule has 4 rings (SSSR count). The van der Waals surface area contributed by atoms with Crippen LogP contribution in [0.15, 0.2) is 42.8 Å². The van der Waals surface area contributed by atoms with Crippen molar-refractivity contribution in [2.24, 2.45) is 0 Å². The molecule has 1 aliphatic carbocycles. The first-order chi connectivity index (χ1) is 12.0. The molecule has 1 aromatic heterocycles. The van der Waals surface area contributed by atoms with E-state index in [0.29, 0.717) is 12.0 Å². The highest BCUT2D eigenvalue weighted by atomic mass is 19.4. The van der Waals surface area contributed by atoms with E-state index in [4.69, 9.17) is 4.74 Å². The third kappa shape index (κ3) is 3.12. The van der Waals surface area contributed by atoms with Crippen molar-refractivity contribution in [2.45, 2.75) is 25.6 Å². The summed E-state index contributed by atoms with van der Waals surface area (Å²) >= 11 is 0. The Morgan fingerprint density at radius 1 is 1.16 bits per heavy atom. The van der Waals surface area contributed by atoms with Crippen molar-refractivity contribution >= 4 is 11.6 Å². The predicted octanol–water partition coefficient (Wildman–Crippen LogP) is 4.92. The number of allylic oxidation sites excluding steroid dienone is 2. The predicted molar refractivity (Wildman–Crippen MR) is 87.0 cm³/mol. The summed E-state index contributed by atoms with van der Waals surface area (Å²) in [6.45, 7) is 0. The summed E-state index contributed by atoms with van der Waals surface area (Å²) in [5.74, 6) is 0.400. The van der Waals surface area contributed by atoms with E-state index in [-0.39, 0.29) is 11.4 Å². The van der Waals surface area contributed by atoms with Crippen LogP contribution in [0.25, 0.3) is 11.6 Å². The van der Waals surface area contributed by atoms with Crippen LogP contribution >= 0.6 is 0 Å². The number of aromatic nitrogens is 1. The number of nitrogens with zero attached hydrogens (tertiary/aromatic N) is 1. The Hall–Kier alpha value is -2.76. The molecule has 1 aromatic carbocycles. The van der Waals surface area contributed by atoms with Gasteiger partial charge in [0.25, 0.3) is 0 Å². The van der Waals surface area contributed by atoms with E-state index >= 15 is 0 Å². The first kappa shape index (κ1) is 15.7. The van der Waals surface area contributed by atoms with E-state index in [0.717, 1.165) is 29.7 Å². The molecule has 3 nitrogen and oxygen atoms in total. The fourth-order valence-electron chi connectivity index (χ4n) is 3.20.